The average molecular weight is 249 g/mol. The van der Waals surface area contributed by atoms with E-state index >= 15 is 0 Å². The fraction of sp³-hybridized carbons (Fsp3) is 0.0625. The fourth-order valence-electron chi connectivity index (χ4n) is 2.18. The minimum atomic E-state index is 0.774. The van der Waals surface area contributed by atoms with Crippen LogP contribution in [0.3, 0.4) is 0 Å². The number of nitrogen functional groups attached to an aromatic ring is 1. The number of imidazole rings is 1. The van der Waals surface area contributed by atoms with Gasteiger partial charge >= 0.3 is 0 Å². The maximum absolute atomic E-state index is 5.77. The van der Waals surface area contributed by atoms with Gasteiger partial charge in [-0.05, 0) is 36.2 Å². The van der Waals surface area contributed by atoms with Crippen LogP contribution in [-0.4, -0.2) is 9.97 Å². The molecule has 1 heterocycles. The molecule has 0 fully saturated rings. The van der Waals surface area contributed by atoms with Crippen molar-refractivity contribution in [2.24, 2.45) is 0 Å². The first-order valence-corrected chi connectivity index (χ1v) is 6.21. The Morgan fingerprint density at radius 2 is 1.84 bits per heavy atom. The lowest BCUT2D eigenvalue weighted by Crippen LogP contribution is -1.89. The van der Waals surface area contributed by atoms with Gasteiger partial charge in [-0.2, -0.15) is 0 Å². The highest BCUT2D eigenvalue weighted by molar-refractivity contribution is 5.68. The molecule has 0 atom stereocenters. The number of hydrogen-bond acceptors (Lipinski definition) is 2. The molecular formula is C16H15N3. The van der Waals surface area contributed by atoms with Gasteiger partial charge in [-0.1, -0.05) is 30.3 Å². The highest BCUT2D eigenvalue weighted by Crippen LogP contribution is 2.25. The number of H-pyrrole nitrogens is 1. The van der Waals surface area contributed by atoms with Crippen molar-refractivity contribution in [2.75, 3.05) is 5.73 Å². The van der Waals surface area contributed by atoms with Crippen molar-refractivity contribution in [2.45, 2.75) is 6.92 Å². The minimum Gasteiger partial charge on any atom is -0.399 e. The van der Waals surface area contributed by atoms with Crippen molar-refractivity contribution in [1.82, 2.24) is 9.97 Å². The smallest absolute Gasteiger partial charge is 0.138 e. The first-order valence-electron chi connectivity index (χ1n) is 6.21. The zero-order valence-corrected chi connectivity index (χ0v) is 10.7. The molecule has 0 aliphatic rings. The molecule has 0 unspecified atom stereocenters. The van der Waals surface area contributed by atoms with Gasteiger partial charge < -0.3 is 10.7 Å². The van der Waals surface area contributed by atoms with E-state index in [2.05, 4.69) is 22.1 Å². The molecule has 19 heavy (non-hydrogen) atoms. The molecule has 3 heteroatoms. The second kappa shape index (κ2) is 4.61. The number of anilines is 1. The molecule has 0 aliphatic carbocycles. The van der Waals surface area contributed by atoms with Crippen molar-refractivity contribution in [3.63, 3.8) is 0 Å². The third kappa shape index (κ3) is 2.22. The number of aryl methyl sites for hydroxylation is 1. The van der Waals surface area contributed by atoms with Crippen molar-refractivity contribution in [3.05, 3.63) is 60.3 Å². The van der Waals surface area contributed by atoms with Gasteiger partial charge in [0.15, 0.2) is 0 Å². The standard InChI is InChI=1S/C16H15N3/c1-11-9-13(17)7-8-14(11)16-18-10-15(19-16)12-5-3-2-4-6-12/h2-10H,17H2,1H3,(H,18,19). The molecule has 3 rings (SSSR count). The Morgan fingerprint density at radius 1 is 1.05 bits per heavy atom. The van der Waals surface area contributed by atoms with Crippen LogP contribution in [0.1, 0.15) is 5.56 Å². The molecule has 3 aromatic rings. The molecule has 0 bridgehead atoms. The van der Waals surface area contributed by atoms with E-state index < -0.39 is 0 Å². The molecule has 0 amide bonds. The summed E-state index contributed by atoms with van der Waals surface area (Å²) in [4.78, 5) is 7.81. The highest BCUT2D eigenvalue weighted by Gasteiger charge is 2.07. The second-order valence-corrected chi connectivity index (χ2v) is 4.59. The summed E-state index contributed by atoms with van der Waals surface area (Å²) < 4.78 is 0. The van der Waals surface area contributed by atoms with Crippen molar-refractivity contribution >= 4 is 5.69 Å². The molecule has 0 saturated carbocycles. The van der Waals surface area contributed by atoms with Gasteiger partial charge in [-0.15, -0.1) is 0 Å². The average Bonchev–Trinajstić information content (AvgIpc) is 2.89. The van der Waals surface area contributed by atoms with E-state index in [0.717, 1.165) is 33.9 Å². The summed E-state index contributed by atoms with van der Waals surface area (Å²) in [6.45, 7) is 2.04. The third-order valence-corrected chi connectivity index (χ3v) is 3.17. The Bertz CT molecular complexity index is 699. The zero-order chi connectivity index (χ0) is 13.2. The van der Waals surface area contributed by atoms with E-state index in [-0.39, 0.29) is 0 Å². The van der Waals surface area contributed by atoms with E-state index in [1.54, 1.807) is 0 Å². The summed E-state index contributed by atoms with van der Waals surface area (Å²) >= 11 is 0. The van der Waals surface area contributed by atoms with Crippen LogP contribution in [0.5, 0.6) is 0 Å². The molecule has 1 aromatic heterocycles. The number of benzene rings is 2. The Balaban J connectivity index is 2.02. The number of nitrogens with one attached hydrogen (secondary N) is 1. The summed E-state index contributed by atoms with van der Waals surface area (Å²) in [6, 6.07) is 16.0. The Morgan fingerprint density at radius 3 is 2.58 bits per heavy atom. The van der Waals surface area contributed by atoms with Gasteiger partial charge in [0.25, 0.3) is 0 Å². The van der Waals surface area contributed by atoms with Crippen molar-refractivity contribution in [1.29, 1.82) is 0 Å². The number of nitrogens with zero attached hydrogens (tertiary/aromatic N) is 1. The van der Waals surface area contributed by atoms with Crippen LogP contribution in [0, 0.1) is 6.92 Å². The molecular weight excluding hydrogens is 234 g/mol. The quantitative estimate of drug-likeness (QED) is 0.681. The van der Waals surface area contributed by atoms with Gasteiger partial charge in [0.2, 0.25) is 0 Å². The molecule has 3 N–H and O–H groups in total. The summed E-state index contributed by atoms with van der Waals surface area (Å²) in [5, 5.41) is 0. The summed E-state index contributed by atoms with van der Waals surface area (Å²) in [6.07, 6.45) is 1.86. The van der Waals surface area contributed by atoms with E-state index in [4.69, 9.17) is 5.73 Å². The van der Waals surface area contributed by atoms with E-state index in [1.807, 2.05) is 49.5 Å². The maximum Gasteiger partial charge on any atom is 0.138 e. The SMILES string of the molecule is Cc1cc(N)ccc1-c1ncc(-c2ccccc2)[nH]1. The van der Waals surface area contributed by atoms with Gasteiger partial charge in [-0.25, -0.2) is 4.98 Å². The third-order valence-electron chi connectivity index (χ3n) is 3.17. The van der Waals surface area contributed by atoms with E-state index in [1.165, 1.54) is 0 Å². The molecule has 3 nitrogen and oxygen atoms in total. The lowest BCUT2D eigenvalue weighted by Gasteiger charge is -2.03. The van der Waals surface area contributed by atoms with Gasteiger partial charge in [-0.3, -0.25) is 0 Å². The minimum absolute atomic E-state index is 0.774. The molecule has 2 aromatic carbocycles. The van der Waals surface area contributed by atoms with Crippen LogP contribution in [-0.2, 0) is 0 Å². The van der Waals surface area contributed by atoms with Crippen LogP contribution < -0.4 is 5.73 Å². The van der Waals surface area contributed by atoms with Crippen molar-refractivity contribution in [3.8, 4) is 22.6 Å². The number of aromatic nitrogens is 2. The Labute approximate surface area is 112 Å². The molecule has 0 radical (unpaired) electrons. The van der Waals surface area contributed by atoms with Gasteiger partial charge in [0, 0.05) is 11.3 Å². The number of nitrogens with two attached hydrogens (primary N) is 1. The fourth-order valence-corrected chi connectivity index (χ4v) is 2.18. The molecule has 94 valence electrons. The molecule has 0 saturated heterocycles. The lowest BCUT2D eigenvalue weighted by atomic mass is 10.1. The van der Waals surface area contributed by atoms with E-state index in [0.29, 0.717) is 0 Å². The summed E-state index contributed by atoms with van der Waals surface area (Å²) in [5.74, 6) is 0.872. The van der Waals surface area contributed by atoms with Gasteiger partial charge in [0.05, 0.1) is 11.9 Å². The largest absolute Gasteiger partial charge is 0.399 e. The second-order valence-electron chi connectivity index (χ2n) is 4.59. The van der Waals surface area contributed by atoms with E-state index in [9.17, 15) is 0 Å². The Hall–Kier alpha value is -2.55. The van der Waals surface area contributed by atoms with Crippen molar-refractivity contribution < 1.29 is 0 Å². The molecule has 0 spiro atoms. The van der Waals surface area contributed by atoms with Crippen LogP contribution in [0.4, 0.5) is 5.69 Å². The number of aromatic amines is 1. The van der Waals surface area contributed by atoms with Gasteiger partial charge in [0.1, 0.15) is 5.82 Å². The predicted octanol–water partition coefficient (Wildman–Crippen LogP) is 3.63. The lowest BCUT2D eigenvalue weighted by molar-refractivity contribution is 1.29. The summed E-state index contributed by atoms with van der Waals surface area (Å²) in [7, 11) is 0. The van der Waals surface area contributed by atoms with Crippen LogP contribution in [0.2, 0.25) is 0 Å². The van der Waals surface area contributed by atoms with Crippen LogP contribution >= 0.6 is 0 Å². The topological polar surface area (TPSA) is 54.7 Å². The van der Waals surface area contributed by atoms with Crippen LogP contribution in [0.25, 0.3) is 22.6 Å². The maximum atomic E-state index is 5.77. The Kier molecular flexibility index (Phi) is 2.80. The first kappa shape index (κ1) is 11.5. The zero-order valence-electron chi connectivity index (χ0n) is 10.7. The monoisotopic (exact) mass is 249 g/mol. The number of hydrogen-bond donors (Lipinski definition) is 2. The summed E-state index contributed by atoms with van der Waals surface area (Å²) in [5.41, 5.74) is 10.9. The first-order chi connectivity index (χ1) is 9.24. The normalized spacial score (nSPS) is 10.6. The molecule has 0 aliphatic heterocycles. The van der Waals surface area contributed by atoms with Crippen LogP contribution in [0.15, 0.2) is 54.7 Å². The predicted molar refractivity (Wildman–Crippen MR) is 78.6 cm³/mol. The number of rotatable bonds is 2. The highest BCUT2D eigenvalue weighted by atomic mass is 14.9.